The summed E-state index contributed by atoms with van der Waals surface area (Å²) in [5.41, 5.74) is 2.91. The summed E-state index contributed by atoms with van der Waals surface area (Å²) in [6.07, 6.45) is 0. The molecule has 0 spiro atoms. The maximum Gasteiger partial charge on any atom is 0.324 e. The third-order valence-corrected chi connectivity index (χ3v) is 6.64. The van der Waals surface area contributed by atoms with Crippen molar-refractivity contribution in [3.8, 4) is 0 Å². The number of nitrogens with zero attached hydrogens (tertiary/aromatic N) is 4. The van der Waals surface area contributed by atoms with E-state index < -0.39 is 5.82 Å². The first-order valence-corrected chi connectivity index (χ1v) is 12.6. The monoisotopic (exact) mass is 526 g/mol. The molecule has 2 N–H and O–H groups in total. The molecule has 0 unspecified atom stereocenters. The van der Waals surface area contributed by atoms with Gasteiger partial charge in [0, 0.05) is 56.9 Å². The molecule has 37 heavy (non-hydrogen) atoms. The Hall–Kier alpha value is -3.43. The van der Waals surface area contributed by atoms with E-state index in [9.17, 15) is 14.0 Å². The molecule has 0 bridgehead atoms. The largest absolute Gasteiger partial charge is 0.336 e. The standard InChI is InChI=1S/C27H32ClFN6O2/c1-27(2,3)23-16-24(33(4)32-23)31-26(37)30-20-8-5-18(6-9-20)17-34-11-13-35(14-12-34)25(36)21-10-7-19(29)15-22(21)28/h5-10,15-16H,11-14,17H2,1-4H3,(H2,30,31,37). The molecule has 1 aromatic heterocycles. The fourth-order valence-corrected chi connectivity index (χ4v) is 4.37. The summed E-state index contributed by atoms with van der Waals surface area (Å²) in [6, 6.07) is 13.1. The SMILES string of the molecule is Cn1nc(C(C)(C)C)cc1NC(=O)Nc1ccc(CN2CCN(C(=O)c3ccc(F)cc3Cl)CC2)cc1. The Morgan fingerprint density at radius 2 is 1.68 bits per heavy atom. The Morgan fingerprint density at radius 1 is 1.00 bits per heavy atom. The number of rotatable bonds is 5. The van der Waals surface area contributed by atoms with Crippen LogP contribution in [0.15, 0.2) is 48.5 Å². The number of hydrogen-bond acceptors (Lipinski definition) is 4. The normalized spacial score (nSPS) is 14.5. The lowest BCUT2D eigenvalue weighted by atomic mass is 9.92. The third-order valence-electron chi connectivity index (χ3n) is 6.33. The smallest absolute Gasteiger partial charge is 0.324 e. The number of aromatic nitrogens is 2. The van der Waals surface area contributed by atoms with Gasteiger partial charge in [0.15, 0.2) is 0 Å². The Bertz CT molecular complexity index is 1280. The second kappa shape index (κ2) is 10.9. The number of carbonyl (C=O) groups is 2. The highest BCUT2D eigenvalue weighted by Crippen LogP contribution is 2.24. The van der Waals surface area contributed by atoms with Gasteiger partial charge in [-0.3, -0.25) is 19.7 Å². The summed E-state index contributed by atoms with van der Waals surface area (Å²) in [4.78, 5) is 29.3. The van der Waals surface area contributed by atoms with Gasteiger partial charge in [0.05, 0.1) is 16.3 Å². The van der Waals surface area contributed by atoms with Crippen molar-refractivity contribution in [3.05, 3.63) is 76.2 Å². The maximum absolute atomic E-state index is 13.3. The van der Waals surface area contributed by atoms with E-state index in [0.717, 1.165) is 23.9 Å². The number of carbonyl (C=O) groups excluding carboxylic acids is 2. The van der Waals surface area contributed by atoms with E-state index in [1.807, 2.05) is 30.3 Å². The van der Waals surface area contributed by atoms with Crippen molar-refractivity contribution < 1.29 is 14.0 Å². The van der Waals surface area contributed by atoms with Crippen LogP contribution in [-0.2, 0) is 19.0 Å². The summed E-state index contributed by atoms with van der Waals surface area (Å²) in [7, 11) is 1.80. The quantitative estimate of drug-likeness (QED) is 0.484. The average Bonchev–Trinajstić information content (AvgIpc) is 3.21. The number of urea groups is 1. The topological polar surface area (TPSA) is 82.5 Å². The van der Waals surface area contributed by atoms with Gasteiger partial charge in [-0.25, -0.2) is 9.18 Å². The molecule has 3 amide bonds. The Morgan fingerprint density at radius 3 is 2.27 bits per heavy atom. The summed E-state index contributed by atoms with van der Waals surface area (Å²) in [5, 5.41) is 10.3. The van der Waals surface area contributed by atoms with Crippen LogP contribution in [0.25, 0.3) is 0 Å². The molecule has 3 aromatic rings. The Balaban J connectivity index is 1.26. The van der Waals surface area contributed by atoms with Gasteiger partial charge >= 0.3 is 6.03 Å². The van der Waals surface area contributed by atoms with Gasteiger partial charge < -0.3 is 10.2 Å². The molecular weight excluding hydrogens is 495 g/mol. The molecule has 2 aromatic carbocycles. The molecule has 1 aliphatic heterocycles. The van der Waals surface area contributed by atoms with Gasteiger partial charge in [-0.15, -0.1) is 0 Å². The second-order valence-electron chi connectivity index (χ2n) is 10.3. The predicted molar refractivity (Wildman–Crippen MR) is 144 cm³/mol. The highest BCUT2D eigenvalue weighted by Gasteiger charge is 2.24. The third kappa shape index (κ3) is 6.67. The van der Waals surface area contributed by atoms with Crippen LogP contribution < -0.4 is 10.6 Å². The van der Waals surface area contributed by atoms with E-state index in [2.05, 4.69) is 41.4 Å². The van der Waals surface area contributed by atoms with Crippen molar-refractivity contribution >= 4 is 35.0 Å². The first-order valence-electron chi connectivity index (χ1n) is 12.2. The number of aryl methyl sites for hydroxylation is 1. The number of amides is 3. The van der Waals surface area contributed by atoms with Crippen molar-refractivity contribution in [1.82, 2.24) is 19.6 Å². The zero-order chi connectivity index (χ0) is 26.7. The number of piperazine rings is 1. The Kier molecular flexibility index (Phi) is 7.85. The van der Waals surface area contributed by atoms with Crippen molar-refractivity contribution in [3.63, 3.8) is 0 Å². The van der Waals surface area contributed by atoms with Gasteiger partial charge in [-0.1, -0.05) is 44.5 Å². The average molecular weight is 527 g/mol. The van der Waals surface area contributed by atoms with Crippen LogP contribution in [0.2, 0.25) is 5.02 Å². The van der Waals surface area contributed by atoms with E-state index >= 15 is 0 Å². The van der Waals surface area contributed by atoms with Gasteiger partial charge in [-0.2, -0.15) is 5.10 Å². The van der Waals surface area contributed by atoms with E-state index in [-0.39, 0.29) is 22.4 Å². The molecule has 0 aliphatic carbocycles. The number of halogens is 2. The van der Waals surface area contributed by atoms with Gasteiger partial charge in [0.25, 0.3) is 5.91 Å². The van der Waals surface area contributed by atoms with E-state index in [0.29, 0.717) is 43.2 Å². The van der Waals surface area contributed by atoms with Crippen LogP contribution in [0.5, 0.6) is 0 Å². The lowest BCUT2D eigenvalue weighted by Crippen LogP contribution is -2.48. The molecule has 1 saturated heterocycles. The second-order valence-corrected chi connectivity index (χ2v) is 10.7. The zero-order valence-electron chi connectivity index (χ0n) is 21.5. The minimum Gasteiger partial charge on any atom is -0.336 e. The van der Waals surface area contributed by atoms with Crippen molar-refractivity contribution in [1.29, 1.82) is 0 Å². The molecule has 1 fully saturated rings. The minimum atomic E-state index is -0.462. The molecule has 0 radical (unpaired) electrons. The van der Waals surface area contributed by atoms with Gasteiger partial charge in [-0.05, 0) is 35.9 Å². The van der Waals surface area contributed by atoms with E-state index in [4.69, 9.17) is 11.6 Å². The van der Waals surface area contributed by atoms with Gasteiger partial charge in [0.1, 0.15) is 11.6 Å². The van der Waals surface area contributed by atoms with Crippen molar-refractivity contribution in [2.75, 3.05) is 36.8 Å². The summed E-state index contributed by atoms with van der Waals surface area (Å²) >= 11 is 6.06. The number of nitrogens with one attached hydrogen (secondary N) is 2. The highest BCUT2D eigenvalue weighted by molar-refractivity contribution is 6.33. The summed E-state index contributed by atoms with van der Waals surface area (Å²) in [6.45, 7) is 9.52. The summed E-state index contributed by atoms with van der Waals surface area (Å²) < 4.78 is 15.0. The maximum atomic E-state index is 13.3. The molecule has 196 valence electrons. The Labute approximate surface area is 221 Å². The molecular formula is C27H32ClFN6O2. The summed E-state index contributed by atoms with van der Waals surface area (Å²) in [5.74, 6) is -0.0196. The predicted octanol–water partition coefficient (Wildman–Crippen LogP) is 5.11. The zero-order valence-corrected chi connectivity index (χ0v) is 22.3. The first kappa shape index (κ1) is 26.6. The van der Waals surface area contributed by atoms with E-state index in [1.165, 1.54) is 12.1 Å². The van der Waals surface area contributed by atoms with Crippen LogP contribution >= 0.6 is 11.6 Å². The lowest BCUT2D eigenvalue weighted by Gasteiger charge is -2.35. The van der Waals surface area contributed by atoms with Crippen molar-refractivity contribution in [2.24, 2.45) is 7.05 Å². The molecule has 8 nitrogen and oxygen atoms in total. The van der Waals surface area contributed by atoms with Crippen LogP contribution in [0.4, 0.5) is 20.7 Å². The number of anilines is 2. The first-order chi connectivity index (χ1) is 17.5. The fraction of sp³-hybridized carbons (Fsp3) is 0.370. The highest BCUT2D eigenvalue weighted by atomic mass is 35.5. The molecule has 4 rings (SSSR count). The molecule has 0 saturated carbocycles. The van der Waals surface area contributed by atoms with Crippen LogP contribution in [-0.4, -0.2) is 57.7 Å². The fourth-order valence-electron chi connectivity index (χ4n) is 4.12. The van der Waals surface area contributed by atoms with E-state index in [1.54, 1.807) is 16.6 Å². The molecule has 0 atom stereocenters. The molecule has 10 heteroatoms. The van der Waals surface area contributed by atoms with Crippen LogP contribution in [0.1, 0.15) is 42.4 Å². The number of benzene rings is 2. The molecule has 1 aliphatic rings. The van der Waals surface area contributed by atoms with Crippen LogP contribution in [0, 0.1) is 5.82 Å². The molecule has 2 heterocycles. The van der Waals surface area contributed by atoms with Gasteiger partial charge in [0.2, 0.25) is 0 Å². The minimum absolute atomic E-state index is 0.109. The van der Waals surface area contributed by atoms with Crippen LogP contribution in [0.3, 0.4) is 0 Å². The lowest BCUT2D eigenvalue weighted by molar-refractivity contribution is 0.0628. The van der Waals surface area contributed by atoms with Crippen molar-refractivity contribution in [2.45, 2.75) is 32.7 Å². The number of hydrogen-bond donors (Lipinski definition) is 2.